The summed E-state index contributed by atoms with van der Waals surface area (Å²) in [7, 11) is 0. The zero-order chi connectivity index (χ0) is 9.26. The molecule has 1 fully saturated rings. The molecule has 0 aliphatic carbocycles. The molecule has 1 aliphatic rings. The van der Waals surface area contributed by atoms with Crippen molar-refractivity contribution >= 4 is 0 Å². The van der Waals surface area contributed by atoms with Crippen LogP contribution in [0.4, 0.5) is 8.78 Å². The van der Waals surface area contributed by atoms with E-state index in [0.29, 0.717) is 18.6 Å². The number of benzene rings is 1. The minimum Gasteiger partial charge on any atom is -0.301 e. The zero-order valence-electron chi connectivity index (χ0n) is 6.89. The van der Waals surface area contributed by atoms with Crippen molar-refractivity contribution in [3.05, 3.63) is 35.4 Å². The Morgan fingerprint density at radius 1 is 1.38 bits per heavy atom. The Morgan fingerprint density at radius 3 is 2.92 bits per heavy atom. The number of hydrogen-bond acceptors (Lipinski definition) is 2. The Labute approximate surface area is 74.5 Å². The van der Waals surface area contributed by atoms with Crippen LogP contribution in [0.3, 0.4) is 0 Å². The normalized spacial score (nSPS) is 22.2. The lowest BCUT2D eigenvalue weighted by molar-refractivity contribution is 0.0876. The van der Waals surface area contributed by atoms with E-state index in [1.54, 1.807) is 6.07 Å². The molecule has 70 valence electrons. The largest absolute Gasteiger partial charge is 0.301 e. The molecule has 0 amide bonds. The number of hydrogen-bond donors (Lipinski definition) is 1. The van der Waals surface area contributed by atoms with Crippen LogP contribution in [-0.4, -0.2) is 6.61 Å². The third kappa shape index (κ3) is 1.55. The van der Waals surface area contributed by atoms with E-state index in [-0.39, 0.29) is 6.04 Å². The molecule has 1 saturated heterocycles. The summed E-state index contributed by atoms with van der Waals surface area (Å²) < 4.78 is 26.0. The summed E-state index contributed by atoms with van der Waals surface area (Å²) in [5, 5.41) is 0. The average molecular weight is 185 g/mol. The second kappa shape index (κ2) is 3.40. The smallest absolute Gasteiger partial charge is 0.163 e. The van der Waals surface area contributed by atoms with E-state index in [2.05, 4.69) is 5.48 Å². The zero-order valence-corrected chi connectivity index (χ0v) is 6.89. The fourth-order valence-corrected chi connectivity index (χ4v) is 1.40. The van der Waals surface area contributed by atoms with E-state index in [4.69, 9.17) is 4.84 Å². The molecule has 1 aliphatic heterocycles. The van der Waals surface area contributed by atoms with Crippen molar-refractivity contribution in [2.24, 2.45) is 0 Å². The van der Waals surface area contributed by atoms with E-state index >= 15 is 0 Å². The minimum atomic E-state index is -0.814. The first-order valence-electron chi connectivity index (χ1n) is 4.10. The molecule has 2 rings (SSSR count). The van der Waals surface area contributed by atoms with E-state index in [1.165, 1.54) is 6.07 Å². The van der Waals surface area contributed by atoms with Gasteiger partial charge in [-0.3, -0.25) is 0 Å². The van der Waals surface area contributed by atoms with Gasteiger partial charge in [-0.2, -0.15) is 5.48 Å². The molecule has 0 unspecified atom stereocenters. The maximum atomic E-state index is 13.2. The van der Waals surface area contributed by atoms with Crippen LogP contribution in [0.2, 0.25) is 0 Å². The molecule has 1 aromatic rings. The number of halogens is 2. The molecule has 0 saturated carbocycles. The highest BCUT2D eigenvalue weighted by molar-refractivity contribution is 5.22. The van der Waals surface area contributed by atoms with Gasteiger partial charge < -0.3 is 4.84 Å². The van der Waals surface area contributed by atoms with Crippen LogP contribution in [0, 0.1) is 11.6 Å². The SMILES string of the molecule is Fc1cccc([C@H]2CCON2)c1F. The van der Waals surface area contributed by atoms with Crippen LogP contribution in [-0.2, 0) is 4.84 Å². The standard InChI is InChI=1S/C9H9F2NO/c10-7-3-1-2-6(9(7)11)8-4-5-13-12-8/h1-3,8,12H,4-5H2/t8-/m1/s1. The van der Waals surface area contributed by atoms with Crippen molar-refractivity contribution in [1.29, 1.82) is 0 Å². The van der Waals surface area contributed by atoms with Crippen molar-refractivity contribution in [3.63, 3.8) is 0 Å². The quantitative estimate of drug-likeness (QED) is 0.721. The summed E-state index contributed by atoms with van der Waals surface area (Å²) in [5.41, 5.74) is 2.97. The lowest BCUT2D eigenvalue weighted by atomic mass is 10.0. The third-order valence-corrected chi connectivity index (χ3v) is 2.09. The molecule has 1 aromatic carbocycles. The van der Waals surface area contributed by atoms with Crippen molar-refractivity contribution in [2.75, 3.05) is 6.61 Å². The highest BCUT2D eigenvalue weighted by Gasteiger charge is 2.21. The van der Waals surface area contributed by atoms with Crippen LogP contribution < -0.4 is 5.48 Å². The Bertz CT molecular complexity index is 310. The third-order valence-electron chi connectivity index (χ3n) is 2.09. The van der Waals surface area contributed by atoms with Gasteiger partial charge in [0.05, 0.1) is 12.6 Å². The van der Waals surface area contributed by atoms with Gasteiger partial charge >= 0.3 is 0 Å². The molecule has 1 N–H and O–H groups in total. The van der Waals surface area contributed by atoms with Crippen molar-refractivity contribution < 1.29 is 13.6 Å². The second-order valence-corrected chi connectivity index (χ2v) is 2.95. The van der Waals surface area contributed by atoms with Gasteiger partial charge in [0.1, 0.15) is 0 Å². The van der Waals surface area contributed by atoms with E-state index in [1.807, 2.05) is 0 Å². The molecule has 1 atom stereocenters. The highest BCUT2D eigenvalue weighted by Crippen LogP contribution is 2.24. The molecule has 0 bridgehead atoms. The van der Waals surface area contributed by atoms with Gasteiger partial charge in [-0.25, -0.2) is 8.78 Å². The topological polar surface area (TPSA) is 21.3 Å². The first-order valence-corrected chi connectivity index (χ1v) is 4.10. The average Bonchev–Trinajstić information content (AvgIpc) is 2.62. The lowest BCUT2D eigenvalue weighted by Gasteiger charge is -2.09. The van der Waals surface area contributed by atoms with Gasteiger partial charge in [0.15, 0.2) is 11.6 Å². The van der Waals surface area contributed by atoms with E-state index in [0.717, 1.165) is 6.07 Å². The first-order chi connectivity index (χ1) is 6.29. The summed E-state index contributed by atoms with van der Waals surface area (Å²) in [4.78, 5) is 4.87. The molecule has 13 heavy (non-hydrogen) atoms. The molecule has 0 spiro atoms. The minimum absolute atomic E-state index is 0.226. The second-order valence-electron chi connectivity index (χ2n) is 2.95. The Balaban J connectivity index is 2.33. The summed E-state index contributed by atoms with van der Waals surface area (Å²) in [6, 6.07) is 3.93. The van der Waals surface area contributed by atoms with Crippen LogP contribution in [0.5, 0.6) is 0 Å². The lowest BCUT2D eigenvalue weighted by Crippen LogP contribution is -2.13. The molecule has 2 nitrogen and oxygen atoms in total. The predicted octanol–water partition coefficient (Wildman–Crippen LogP) is 1.93. The summed E-state index contributed by atoms with van der Waals surface area (Å²) in [6.07, 6.45) is 0.667. The molecular weight excluding hydrogens is 176 g/mol. The summed E-state index contributed by atoms with van der Waals surface area (Å²) in [6.45, 7) is 0.528. The van der Waals surface area contributed by atoms with Gasteiger partial charge in [0, 0.05) is 5.56 Å². The number of rotatable bonds is 1. The van der Waals surface area contributed by atoms with Gasteiger partial charge in [-0.05, 0) is 12.5 Å². The molecular formula is C9H9F2NO. The molecule has 4 heteroatoms. The Kier molecular flexibility index (Phi) is 2.24. The van der Waals surface area contributed by atoms with Crippen LogP contribution in [0.15, 0.2) is 18.2 Å². The van der Waals surface area contributed by atoms with E-state index < -0.39 is 11.6 Å². The maximum Gasteiger partial charge on any atom is 0.163 e. The number of hydroxylamine groups is 1. The highest BCUT2D eigenvalue weighted by atomic mass is 19.2. The number of nitrogens with one attached hydrogen (secondary N) is 1. The molecule has 1 heterocycles. The molecule has 0 aromatic heterocycles. The van der Waals surface area contributed by atoms with Gasteiger partial charge in [0.2, 0.25) is 0 Å². The van der Waals surface area contributed by atoms with Gasteiger partial charge in [-0.15, -0.1) is 0 Å². The van der Waals surface area contributed by atoms with Crippen LogP contribution >= 0.6 is 0 Å². The van der Waals surface area contributed by atoms with E-state index in [9.17, 15) is 8.78 Å². The Morgan fingerprint density at radius 2 is 2.23 bits per heavy atom. The van der Waals surface area contributed by atoms with Crippen LogP contribution in [0.25, 0.3) is 0 Å². The fraction of sp³-hybridized carbons (Fsp3) is 0.333. The van der Waals surface area contributed by atoms with Crippen molar-refractivity contribution in [1.82, 2.24) is 5.48 Å². The summed E-state index contributed by atoms with van der Waals surface area (Å²) >= 11 is 0. The Hall–Kier alpha value is -1.00. The maximum absolute atomic E-state index is 13.2. The van der Waals surface area contributed by atoms with Crippen LogP contribution in [0.1, 0.15) is 18.0 Å². The predicted molar refractivity (Wildman–Crippen MR) is 42.8 cm³/mol. The van der Waals surface area contributed by atoms with Crippen molar-refractivity contribution in [2.45, 2.75) is 12.5 Å². The fourth-order valence-electron chi connectivity index (χ4n) is 1.40. The monoisotopic (exact) mass is 185 g/mol. The van der Waals surface area contributed by atoms with Gasteiger partial charge in [-0.1, -0.05) is 12.1 Å². The van der Waals surface area contributed by atoms with Gasteiger partial charge in [0.25, 0.3) is 0 Å². The summed E-state index contributed by atoms with van der Waals surface area (Å²) in [5.74, 6) is -1.60. The first kappa shape index (κ1) is 8.59. The molecule has 0 radical (unpaired) electrons. The van der Waals surface area contributed by atoms with Crippen molar-refractivity contribution in [3.8, 4) is 0 Å².